The van der Waals surface area contributed by atoms with E-state index in [1.807, 2.05) is 4.90 Å². The molecular weight excluding hydrogens is 236 g/mol. The van der Waals surface area contributed by atoms with Crippen LogP contribution >= 0.6 is 11.6 Å². The van der Waals surface area contributed by atoms with Gasteiger partial charge in [0.15, 0.2) is 0 Å². The summed E-state index contributed by atoms with van der Waals surface area (Å²) in [5.41, 5.74) is 6.51. The number of halogens is 1. The second kappa shape index (κ2) is 4.43. The van der Waals surface area contributed by atoms with Crippen LogP contribution in [0.15, 0.2) is 0 Å². The Labute approximate surface area is 109 Å². The van der Waals surface area contributed by atoms with E-state index in [0.29, 0.717) is 24.8 Å². The summed E-state index contributed by atoms with van der Waals surface area (Å²) in [5, 5.41) is -0.0133. The molecule has 1 heterocycles. The number of amides is 1. The van der Waals surface area contributed by atoms with Gasteiger partial charge >= 0.3 is 0 Å². The molecule has 1 saturated heterocycles. The molecule has 0 aromatic carbocycles. The second-order valence-corrected chi connectivity index (χ2v) is 7.07. The third-order valence-electron chi connectivity index (χ3n) is 4.56. The van der Waals surface area contributed by atoms with Gasteiger partial charge in [-0.3, -0.25) is 4.79 Å². The SMILES string of the molecule is CC1CC(C)(C)C(CN2CC(Cl)CC2=O)C1N. The average Bonchev–Trinajstić information content (AvgIpc) is 2.59. The summed E-state index contributed by atoms with van der Waals surface area (Å²) in [6.45, 7) is 8.21. The highest BCUT2D eigenvalue weighted by Crippen LogP contribution is 2.45. The maximum Gasteiger partial charge on any atom is 0.224 e. The molecule has 1 amide bonds. The number of hydrogen-bond donors (Lipinski definition) is 1. The quantitative estimate of drug-likeness (QED) is 0.769. The fourth-order valence-corrected chi connectivity index (χ4v) is 3.84. The highest BCUT2D eigenvalue weighted by molar-refractivity contribution is 6.22. The highest BCUT2D eigenvalue weighted by Gasteiger charge is 2.46. The summed E-state index contributed by atoms with van der Waals surface area (Å²) in [6.07, 6.45) is 1.63. The molecule has 0 aromatic heterocycles. The Hall–Kier alpha value is -0.280. The standard InChI is InChI=1S/C13H23ClN2O/c1-8-5-13(2,3)10(12(8)15)7-16-6-9(14)4-11(16)17/h8-10,12H,4-7,15H2,1-3H3. The predicted octanol–water partition coefficient (Wildman–Crippen LogP) is 1.84. The van der Waals surface area contributed by atoms with Crippen LogP contribution in [0, 0.1) is 17.3 Å². The molecular formula is C13H23ClN2O. The Balaban J connectivity index is 2.05. The van der Waals surface area contributed by atoms with Crippen LogP contribution in [0.2, 0.25) is 0 Å². The zero-order valence-electron chi connectivity index (χ0n) is 10.9. The van der Waals surface area contributed by atoms with Crippen molar-refractivity contribution in [3.8, 4) is 0 Å². The molecule has 2 N–H and O–H groups in total. The van der Waals surface area contributed by atoms with Crippen molar-refractivity contribution in [2.45, 2.75) is 45.0 Å². The molecule has 4 unspecified atom stereocenters. The molecule has 1 saturated carbocycles. The van der Waals surface area contributed by atoms with Gasteiger partial charge in [0.25, 0.3) is 0 Å². The summed E-state index contributed by atoms with van der Waals surface area (Å²) in [7, 11) is 0. The van der Waals surface area contributed by atoms with E-state index < -0.39 is 0 Å². The predicted molar refractivity (Wildman–Crippen MR) is 69.9 cm³/mol. The molecule has 0 aromatic rings. The van der Waals surface area contributed by atoms with Crippen molar-refractivity contribution in [3.05, 3.63) is 0 Å². The summed E-state index contributed by atoms with van der Waals surface area (Å²) in [6, 6.07) is 0.201. The first-order valence-corrected chi connectivity index (χ1v) is 6.92. The Kier molecular flexibility index (Phi) is 3.43. The smallest absolute Gasteiger partial charge is 0.224 e. The number of carbonyl (C=O) groups excluding carboxylic acids is 1. The van der Waals surface area contributed by atoms with Gasteiger partial charge in [-0.15, -0.1) is 11.6 Å². The maximum absolute atomic E-state index is 11.8. The van der Waals surface area contributed by atoms with Gasteiger partial charge < -0.3 is 10.6 Å². The molecule has 3 nitrogen and oxygen atoms in total. The largest absolute Gasteiger partial charge is 0.341 e. The van der Waals surface area contributed by atoms with Gasteiger partial charge in [0, 0.05) is 25.6 Å². The van der Waals surface area contributed by atoms with Crippen LogP contribution in [0.1, 0.15) is 33.6 Å². The molecule has 0 spiro atoms. The Morgan fingerprint density at radius 3 is 2.59 bits per heavy atom. The second-order valence-electron chi connectivity index (χ2n) is 6.45. The Morgan fingerprint density at radius 1 is 1.53 bits per heavy atom. The molecule has 17 heavy (non-hydrogen) atoms. The molecule has 1 aliphatic carbocycles. The van der Waals surface area contributed by atoms with Gasteiger partial charge in [0.2, 0.25) is 5.91 Å². The molecule has 0 radical (unpaired) electrons. The van der Waals surface area contributed by atoms with Crippen LogP contribution < -0.4 is 5.73 Å². The van der Waals surface area contributed by atoms with Crippen molar-refractivity contribution < 1.29 is 4.79 Å². The van der Waals surface area contributed by atoms with E-state index >= 15 is 0 Å². The van der Waals surface area contributed by atoms with E-state index in [-0.39, 0.29) is 22.7 Å². The minimum atomic E-state index is -0.0133. The summed E-state index contributed by atoms with van der Waals surface area (Å²) in [4.78, 5) is 13.7. The van der Waals surface area contributed by atoms with E-state index in [9.17, 15) is 4.79 Å². The number of likely N-dealkylation sites (tertiary alicyclic amines) is 1. The summed E-state index contributed by atoms with van der Waals surface area (Å²) in [5.74, 6) is 1.12. The fourth-order valence-electron chi connectivity index (χ4n) is 3.54. The third-order valence-corrected chi connectivity index (χ3v) is 4.85. The van der Waals surface area contributed by atoms with E-state index in [1.165, 1.54) is 0 Å². The molecule has 98 valence electrons. The normalized spacial score (nSPS) is 41.2. The lowest BCUT2D eigenvalue weighted by Gasteiger charge is -2.33. The van der Waals surface area contributed by atoms with Crippen LogP contribution in [-0.4, -0.2) is 35.3 Å². The van der Waals surface area contributed by atoms with Crippen LogP contribution in [0.5, 0.6) is 0 Å². The van der Waals surface area contributed by atoms with E-state index in [0.717, 1.165) is 13.0 Å². The van der Waals surface area contributed by atoms with Crippen molar-refractivity contribution in [1.82, 2.24) is 4.90 Å². The minimum absolute atomic E-state index is 0.0133. The number of rotatable bonds is 2. The number of alkyl halides is 1. The average molecular weight is 259 g/mol. The third kappa shape index (κ3) is 2.45. The van der Waals surface area contributed by atoms with Crippen molar-refractivity contribution >= 4 is 17.5 Å². The number of carbonyl (C=O) groups is 1. The van der Waals surface area contributed by atoms with Crippen molar-refractivity contribution in [2.24, 2.45) is 23.0 Å². The van der Waals surface area contributed by atoms with E-state index in [1.54, 1.807) is 0 Å². The topological polar surface area (TPSA) is 46.3 Å². The highest BCUT2D eigenvalue weighted by atomic mass is 35.5. The van der Waals surface area contributed by atoms with E-state index in [4.69, 9.17) is 17.3 Å². The Morgan fingerprint density at radius 2 is 2.18 bits per heavy atom. The Bertz CT molecular complexity index is 319. The van der Waals surface area contributed by atoms with Crippen molar-refractivity contribution in [3.63, 3.8) is 0 Å². The minimum Gasteiger partial charge on any atom is -0.341 e. The zero-order valence-corrected chi connectivity index (χ0v) is 11.7. The summed E-state index contributed by atoms with van der Waals surface area (Å²) < 4.78 is 0. The summed E-state index contributed by atoms with van der Waals surface area (Å²) >= 11 is 6.03. The van der Waals surface area contributed by atoms with Gasteiger partial charge in [0.1, 0.15) is 0 Å². The molecule has 2 fully saturated rings. The van der Waals surface area contributed by atoms with Crippen LogP contribution in [0.3, 0.4) is 0 Å². The number of nitrogens with two attached hydrogens (primary N) is 1. The monoisotopic (exact) mass is 258 g/mol. The molecule has 4 heteroatoms. The van der Waals surface area contributed by atoms with Gasteiger partial charge in [0.05, 0.1) is 5.38 Å². The lowest BCUT2D eigenvalue weighted by molar-refractivity contribution is -0.128. The van der Waals surface area contributed by atoms with Crippen LogP contribution in [0.25, 0.3) is 0 Å². The van der Waals surface area contributed by atoms with Crippen molar-refractivity contribution in [1.29, 1.82) is 0 Å². The molecule has 1 aliphatic heterocycles. The van der Waals surface area contributed by atoms with Crippen LogP contribution in [-0.2, 0) is 4.79 Å². The number of hydrogen-bond acceptors (Lipinski definition) is 2. The van der Waals surface area contributed by atoms with E-state index in [2.05, 4.69) is 20.8 Å². The molecule has 2 aliphatic rings. The first kappa shape index (κ1) is 13.2. The van der Waals surface area contributed by atoms with Gasteiger partial charge in [-0.1, -0.05) is 20.8 Å². The molecule has 2 rings (SSSR count). The maximum atomic E-state index is 11.8. The fraction of sp³-hybridized carbons (Fsp3) is 0.923. The van der Waals surface area contributed by atoms with Crippen LogP contribution in [0.4, 0.5) is 0 Å². The lowest BCUT2D eigenvalue weighted by Crippen LogP contribution is -2.43. The first-order chi connectivity index (χ1) is 7.81. The van der Waals surface area contributed by atoms with Gasteiger partial charge in [-0.05, 0) is 23.7 Å². The first-order valence-electron chi connectivity index (χ1n) is 6.48. The zero-order chi connectivity index (χ0) is 12.8. The van der Waals surface area contributed by atoms with Gasteiger partial charge in [-0.25, -0.2) is 0 Å². The number of nitrogens with zero attached hydrogens (tertiary/aromatic N) is 1. The lowest BCUT2D eigenvalue weighted by atomic mass is 9.80. The molecule has 4 atom stereocenters. The molecule has 0 bridgehead atoms. The van der Waals surface area contributed by atoms with Gasteiger partial charge in [-0.2, -0.15) is 0 Å². The van der Waals surface area contributed by atoms with Crippen molar-refractivity contribution in [2.75, 3.05) is 13.1 Å².